The number of nitrogens with two attached hydrogens (primary N) is 1. The highest BCUT2D eigenvalue weighted by molar-refractivity contribution is 7.98. The first-order chi connectivity index (χ1) is 8.70. The molecule has 0 aromatic carbocycles. The van der Waals surface area contributed by atoms with Crippen LogP contribution in [0.5, 0.6) is 0 Å². The summed E-state index contributed by atoms with van der Waals surface area (Å²) in [4.78, 5) is 16.4. The average molecular weight is 263 g/mol. The van der Waals surface area contributed by atoms with Crippen LogP contribution in [0, 0.1) is 6.92 Å². The zero-order chi connectivity index (χ0) is 13.0. The molecule has 0 aliphatic rings. The third kappa shape index (κ3) is 3.11. The number of hydrogen-bond donors (Lipinski definition) is 1. The van der Waals surface area contributed by atoms with Gasteiger partial charge in [-0.2, -0.15) is 11.8 Å². The Morgan fingerprint density at radius 3 is 3.06 bits per heavy atom. The second kappa shape index (κ2) is 6.02. The zero-order valence-corrected chi connectivity index (χ0v) is 11.2. The Kier molecular flexibility index (Phi) is 4.38. The normalized spacial score (nSPS) is 11.0. The van der Waals surface area contributed by atoms with Crippen molar-refractivity contribution in [3.05, 3.63) is 46.0 Å². The molecule has 0 saturated carbocycles. The summed E-state index contributed by atoms with van der Waals surface area (Å²) >= 11 is 1.76. The van der Waals surface area contributed by atoms with Crippen molar-refractivity contribution in [2.45, 2.75) is 19.1 Å². The summed E-state index contributed by atoms with van der Waals surface area (Å²) in [5.41, 5.74) is 8.02. The monoisotopic (exact) mass is 263 g/mol. The third-order valence-electron chi connectivity index (χ3n) is 2.60. The van der Waals surface area contributed by atoms with Crippen molar-refractivity contribution in [1.82, 2.24) is 9.38 Å². The van der Waals surface area contributed by atoms with Gasteiger partial charge in [0.1, 0.15) is 5.65 Å². The fourth-order valence-corrected chi connectivity index (χ4v) is 2.57. The van der Waals surface area contributed by atoms with E-state index >= 15 is 0 Å². The summed E-state index contributed by atoms with van der Waals surface area (Å²) in [6, 6.07) is 5.46. The Hall–Kier alpha value is -1.33. The van der Waals surface area contributed by atoms with Gasteiger partial charge in [0.2, 0.25) is 0 Å². The molecule has 96 valence electrons. The molecule has 2 heterocycles. The van der Waals surface area contributed by atoms with Crippen LogP contribution in [0.4, 0.5) is 0 Å². The third-order valence-corrected chi connectivity index (χ3v) is 3.68. The molecule has 0 unspecified atom stereocenters. The van der Waals surface area contributed by atoms with Crippen LogP contribution in [-0.2, 0) is 5.75 Å². The molecule has 2 rings (SSSR count). The maximum absolute atomic E-state index is 11.9. The van der Waals surface area contributed by atoms with E-state index in [1.807, 2.05) is 25.3 Å². The largest absolute Gasteiger partial charge is 0.330 e. The highest BCUT2D eigenvalue weighted by Crippen LogP contribution is 2.11. The number of rotatable bonds is 5. The van der Waals surface area contributed by atoms with Gasteiger partial charge >= 0.3 is 0 Å². The Morgan fingerprint density at radius 1 is 1.44 bits per heavy atom. The smallest absolute Gasteiger partial charge is 0.258 e. The van der Waals surface area contributed by atoms with Crippen molar-refractivity contribution in [2.24, 2.45) is 5.73 Å². The van der Waals surface area contributed by atoms with Crippen molar-refractivity contribution in [3.8, 4) is 0 Å². The molecular formula is C13H17N3OS. The van der Waals surface area contributed by atoms with Gasteiger partial charge in [-0.15, -0.1) is 0 Å². The summed E-state index contributed by atoms with van der Waals surface area (Å²) in [7, 11) is 0. The first-order valence-corrected chi connectivity index (χ1v) is 7.13. The molecule has 0 aliphatic heterocycles. The van der Waals surface area contributed by atoms with Gasteiger partial charge in [-0.25, -0.2) is 4.98 Å². The molecule has 0 amide bonds. The van der Waals surface area contributed by atoms with E-state index in [9.17, 15) is 4.79 Å². The van der Waals surface area contributed by atoms with Crippen molar-refractivity contribution in [1.29, 1.82) is 0 Å². The topological polar surface area (TPSA) is 60.4 Å². The van der Waals surface area contributed by atoms with Crippen LogP contribution in [0.3, 0.4) is 0 Å². The number of hydrogen-bond acceptors (Lipinski definition) is 4. The van der Waals surface area contributed by atoms with Crippen molar-refractivity contribution in [3.63, 3.8) is 0 Å². The molecule has 5 heteroatoms. The molecule has 0 spiro atoms. The Morgan fingerprint density at radius 2 is 2.28 bits per heavy atom. The molecule has 0 fully saturated rings. The van der Waals surface area contributed by atoms with E-state index in [0.29, 0.717) is 12.2 Å². The summed E-state index contributed by atoms with van der Waals surface area (Å²) in [5.74, 6) is 1.77. The number of aromatic nitrogens is 2. The molecular weight excluding hydrogens is 246 g/mol. The minimum atomic E-state index is -0.0156. The van der Waals surface area contributed by atoms with E-state index in [-0.39, 0.29) is 5.56 Å². The molecule has 2 aromatic heterocycles. The minimum absolute atomic E-state index is 0.0156. The van der Waals surface area contributed by atoms with Gasteiger partial charge in [-0.05, 0) is 37.3 Å². The number of nitrogens with zero attached hydrogens (tertiary/aromatic N) is 2. The summed E-state index contributed by atoms with van der Waals surface area (Å²) in [6.45, 7) is 2.67. The summed E-state index contributed by atoms with van der Waals surface area (Å²) in [5, 5.41) is 0. The van der Waals surface area contributed by atoms with Crippen molar-refractivity contribution in [2.75, 3.05) is 12.3 Å². The second-order valence-electron chi connectivity index (χ2n) is 4.22. The SMILES string of the molecule is Cc1ccc2nc(CSCCCN)cc(=O)n2c1. The molecule has 0 aliphatic carbocycles. The fourth-order valence-electron chi connectivity index (χ4n) is 1.69. The maximum atomic E-state index is 11.9. The lowest BCUT2D eigenvalue weighted by Crippen LogP contribution is -2.15. The van der Waals surface area contributed by atoms with Gasteiger partial charge in [0.15, 0.2) is 0 Å². The highest BCUT2D eigenvalue weighted by atomic mass is 32.2. The molecule has 4 nitrogen and oxygen atoms in total. The predicted molar refractivity (Wildman–Crippen MR) is 76.0 cm³/mol. The van der Waals surface area contributed by atoms with Crippen LogP contribution in [0.2, 0.25) is 0 Å². The van der Waals surface area contributed by atoms with Gasteiger partial charge in [0.05, 0.1) is 5.69 Å². The van der Waals surface area contributed by atoms with Gasteiger partial charge in [0, 0.05) is 18.0 Å². The van der Waals surface area contributed by atoms with Crippen LogP contribution < -0.4 is 11.3 Å². The first-order valence-electron chi connectivity index (χ1n) is 5.97. The van der Waals surface area contributed by atoms with E-state index in [1.165, 1.54) is 0 Å². The number of fused-ring (bicyclic) bond motifs is 1. The number of aryl methyl sites for hydroxylation is 1. The lowest BCUT2D eigenvalue weighted by molar-refractivity contribution is 0.941. The molecule has 0 bridgehead atoms. The summed E-state index contributed by atoms with van der Waals surface area (Å²) in [6.07, 6.45) is 2.81. The van der Waals surface area contributed by atoms with E-state index in [4.69, 9.17) is 5.73 Å². The van der Waals surface area contributed by atoms with E-state index in [1.54, 1.807) is 22.2 Å². The van der Waals surface area contributed by atoms with Crippen molar-refractivity contribution < 1.29 is 0 Å². The predicted octanol–water partition coefficient (Wildman–Crippen LogP) is 1.58. The Labute approximate surface area is 110 Å². The standard InChI is InChI=1S/C13H17N3OS/c1-10-3-4-12-15-11(9-18-6-2-5-14)7-13(17)16(12)8-10/h3-4,7-8H,2,5-6,9,14H2,1H3. The molecule has 2 aromatic rings. The quantitative estimate of drug-likeness (QED) is 0.832. The second-order valence-corrected chi connectivity index (χ2v) is 5.32. The summed E-state index contributed by atoms with van der Waals surface area (Å²) < 4.78 is 1.59. The van der Waals surface area contributed by atoms with Gasteiger partial charge in [-0.1, -0.05) is 6.07 Å². The molecule has 2 N–H and O–H groups in total. The van der Waals surface area contributed by atoms with Crippen LogP contribution in [-0.4, -0.2) is 21.7 Å². The lowest BCUT2D eigenvalue weighted by Gasteiger charge is -2.04. The first kappa shape index (κ1) is 13.1. The fraction of sp³-hybridized carbons (Fsp3) is 0.385. The van der Waals surface area contributed by atoms with Crippen LogP contribution in [0.1, 0.15) is 17.7 Å². The van der Waals surface area contributed by atoms with Crippen LogP contribution in [0.25, 0.3) is 5.65 Å². The number of thioether (sulfide) groups is 1. The van der Waals surface area contributed by atoms with Crippen LogP contribution in [0.15, 0.2) is 29.2 Å². The van der Waals surface area contributed by atoms with E-state index < -0.39 is 0 Å². The van der Waals surface area contributed by atoms with Gasteiger partial charge in [0.25, 0.3) is 5.56 Å². The van der Waals surface area contributed by atoms with Gasteiger partial charge in [-0.3, -0.25) is 9.20 Å². The van der Waals surface area contributed by atoms with Crippen molar-refractivity contribution >= 4 is 17.4 Å². The minimum Gasteiger partial charge on any atom is -0.330 e. The molecule has 0 saturated heterocycles. The maximum Gasteiger partial charge on any atom is 0.258 e. The zero-order valence-electron chi connectivity index (χ0n) is 10.4. The molecule has 0 radical (unpaired) electrons. The van der Waals surface area contributed by atoms with E-state index in [0.717, 1.165) is 29.2 Å². The molecule has 18 heavy (non-hydrogen) atoms. The lowest BCUT2D eigenvalue weighted by atomic mass is 10.3. The Bertz CT molecular complexity index is 594. The van der Waals surface area contributed by atoms with Gasteiger partial charge < -0.3 is 5.73 Å². The van der Waals surface area contributed by atoms with Crippen LogP contribution >= 0.6 is 11.8 Å². The number of pyridine rings is 1. The highest BCUT2D eigenvalue weighted by Gasteiger charge is 2.02. The van der Waals surface area contributed by atoms with E-state index in [2.05, 4.69) is 4.98 Å². The Balaban J connectivity index is 2.21. The average Bonchev–Trinajstić information content (AvgIpc) is 2.36. The molecule has 0 atom stereocenters.